The Kier molecular flexibility index (Phi) is 3.44. The molecule has 0 aliphatic rings. The molecule has 0 unspecified atom stereocenters. The van der Waals surface area contributed by atoms with Crippen LogP contribution in [0.5, 0.6) is 0 Å². The molecule has 4 heteroatoms. The molecule has 1 atom stereocenters. The summed E-state index contributed by atoms with van der Waals surface area (Å²) in [6.45, 7) is 2.35. The minimum atomic E-state index is 0.00713. The maximum atomic E-state index is 11.7. The van der Waals surface area contributed by atoms with E-state index in [1.165, 1.54) is 0 Å². The van der Waals surface area contributed by atoms with Crippen LogP contribution in [0.4, 0.5) is 0 Å². The normalized spacial score (nSPS) is 12.6. The molecule has 1 aromatic heterocycles. The Balaban J connectivity index is 2.11. The third kappa shape index (κ3) is 2.65. The zero-order chi connectivity index (χ0) is 12.3. The third-order valence-corrected chi connectivity index (χ3v) is 2.79. The number of hydrogen-bond acceptors (Lipinski definition) is 2. The fourth-order valence-corrected chi connectivity index (χ4v) is 1.84. The number of aromatic nitrogens is 1. The number of nitrogens with two attached hydrogens (primary N) is 1. The summed E-state index contributed by atoms with van der Waals surface area (Å²) >= 11 is 0. The molecular formula is C13H17N3O. The SMILES string of the molecule is C[C@H](CN)NC(=O)Cc1c[nH]c2ccccc12. The van der Waals surface area contributed by atoms with Gasteiger partial charge in [0.15, 0.2) is 0 Å². The quantitative estimate of drug-likeness (QED) is 0.739. The van der Waals surface area contributed by atoms with Gasteiger partial charge in [-0.1, -0.05) is 18.2 Å². The van der Waals surface area contributed by atoms with E-state index in [1.807, 2.05) is 37.4 Å². The van der Waals surface area contributed by atoms with E-state index >= 15 is 0 Å². The largest absolute Gasteiger partial charge is 0.361 e. The van der Waals surface area contributed by atoms with Crippen molar-refractivity contribution >= 4 is 16.8 Å². The van der Waals surface area contributed by atoms with Crippen molar-refractivity contribution < 1.29 is 4.79 Å². The van der Waals surface area contributed by atoms with Crippen molar-refractivity contribution in [3.8, 4) is 0 Å². The Morgan fingerprint density at radius 3 is 3.00 bits per heavy atom. The highest BCUT2D eigenvalue weighted by Gasteiger charge is 2.09. The van der Waals surface area contributed by atoms with Gasteiger partial charge in [-0.15, -0.1) is 0 Å². The van der Waals surface area contributed by atoms with Crippen molar-refractivity contribution in [1.82, 2.24) is 10.3 Å². The maximum absolute atomic E-state index is 11.7. The molecule has 4 N–H and O–H groups in total. The van der Waals surface area contributed by atoms with Crippen molar-refractivity contribution in [3.05, 3.63) is 36.0 Å². The molecule has 1 amide bonds. The van der Waals surface area contributed by atoms with E-state index in [0.717, 1.165) is 16.5 Å². The summed E-state index contributed by atoms with van der Waals surface area (Å²) in [5.41, 5.74) is 7.54. The van der Waals surface area contributed by atoms with E-state index in [-0.39, 0.29) is 11.9 Å². The van der Waals surface area contributed by atoms with Crippen LogP contribution in [-0.2, 0) is 11.2 Å². The lowest BCUT2D eigenvalue weighted by Gasteiger charge is -2.10. The second-order valence-corrected chi connectivity index (χ2v) is 4.24. The molecule has 2 rings (SSSR count). The lowest BCUT2D eigenvalue weighted by atomic mass is 10.1. The van der Waals surface area contributed by atoms with Crippen molar-refractivity contribution in [2.24, 2.45) is 5.73 Å². The standard InChI is InChI=1S/C13H17N3O/c1-9(7-14)16-13(17)6-10-8-15-12-5-3-2-4-11(10)12/h2-5,8-9,15H,6-7,14H2,1H3,(H,16,17)/t9-/m1/s1. The van der Waals surface area contributed by atoms with Gasteiger partial charge in [0, 0.05) is 29.7 Å². The first-order valence-electron chi connectivity index (χ1n) is 5.75. The summed E-state index contributed by atoms with van der Waals surface area (Å²) in [6, 6.07) is 7.98. The van der Waals surface area contributed by atoms with Crippen LogP contribution in [0.15, 0.2) is 30.5 Å². The summed E-state index contributed by atoms with van der Waals surface area (Å²) in [5.74, 6) is 0.00713. The van der Waals surface area contributed by atoms with Gasteiger partial charge < -0.3 is 16.0 Å². The summed E-state index contributed by atoms with van der Waals surface area (Å²) in [6.07, 6.45) is 2.27. The minimum absolute atomic E-state index is 0.00713. The number of aromatic amines is 1. The van der Waals surface area contributed by atoms with Crippen LogP contribution in [0.25, 0.3) is 10.9 Å². The molecule has 0 aliphatic carbocycles. The van der Waals surface area contributed by atoms with E-state index in [9.17, 15) is 4.79 Å². The molecule has 2 aromatic rings. The average Bonchev–Trinajstić information content (AvgIpc) is 2.72. The second-order valence-electron chi connectivity index (χ2n) is 4.24. The Morgan fingerprint density at radius 1 is 1.47 bits per heavy atom. The van der Waals surface area contributed by atoms with Gasteiger partial charge in [-0.05, 0) is 18.6 Å². The zero-order valence-corrected chi connectivity index (χ0v) is 9.86. The van der Waals surface area contributed by atoms with Crippen molar-refractivity contribution in [3.63, 3.8) is 0 Å². The number of nitrogens with one attached hydrogen (secondary N) is 2. The highest BCUT2D eigenvalue weighted by atomic mass is 16.1. The molecule has 4 nitrogen and oxygen atoms in total. The molecule has 0 bridgehead atoms. The number of hydrogen-bond donors (Lipinski definition) is 3. The van der Waals surface area contributed by atoms with Crippen LogP contribution < -0.4 is 11.1 Å². The fourth-order valence-electron chi connectivity index (χ4n) is 1.84. The maximum Gasteiger partial charge on any atom is 0.224 e. The highest BCUT2D eigenvalue weighted by molar-refractivity contribution is 5.88. The van der Waals surface area contributed by atoms with Crippen LogP contribution in [0, 0.1) is 0 Å². The molecule has 90 valence electrons. The molecule has 0 saturated heterocycles. The Morgan fingerprint density at radius 2 is 2.24 bits per heavy atom. The fraction of sp³-hybridized carbons (Fsp3) is 0.308. The van der Waals surface area contributed by atoms with Gasteiger partial charge in [-0.3, -0.25) is 4.79 Å². The molecule has 0 radical (unpaired) electrons. The third-order valence-electron chi connectivity index (χ3n) is 2.79. The van der Waals surface area contributed by atoms with Crippen LogP contribution in [0.3, 0.4) is 0 Å². The Bertz CT molecular complexity index is 518. The lowest BCUT2D eigenvalue weighted by Crippen LogP contribution is -2.38. The average molecular weight is 231 g/mol. The van der Waals surface area contributed by atoms with Gasteiger partial charge in [-0.2, -0.15) is 0 Å². The van der Waals surface area contributed by atoms with Crippen molar-refractivity contribution in [2.75, 3.05) is 6.54 Å². The first kappa shape index (κ1) is 11.7. The monoisotopic (exact) mass is 231 g/mol. The molecule has 0 fully saturated rings. The summed E-state index contributed by atoms with van der Waals surface area (Å²) in [4.78, 5) is 14.9. The summed E-state index contributed by atoms with van der Waals surface area (Å²) in [7, 11) is 0. The summed E-state index contributed by atoms with van der Waals surface area (Å²) in [5, 5.41) is 3.95. The molecule has 1 heterocycles. The van der Waals surface area contributed by atoms with Gasteiger partial charge >= 0.3 is 0 Å². The van der Waals surface area contributed by atoms with Crippen LogP contribution in [0.1, 0.15) is 12.5 Å². The number of fused-ring (bicyclic) bond motifs is 1. The van der Waals surface area contributed by atoms with E-state index in [1.54, 1.807) is 0 Å². The molecule has 0 saturated carbocycles. The van der Waals surface area contributed by atoms with Crippen LogP contribution in [0.2, 0.25) is 0 Å². The van der Waals surface area contributed by atoms with Gasteiger partial charge in [0.05, 0.1) is 6.42 Å². The number of benzene rings is 1. The first-order chi connectivity index (χ1) is 8.20. The van der Waals surface area contributed by atoms with Gasteiger partial charge in [-0.25, -0.2) is 0 Å². The van der Waals surface area contributed by atoms with Crippen molar-refractivity contribution in [1.29, 1.82) is 0 Å². The van der Waals surface area contributed by atoms with Crippen LogP contribution >= 0.6 is 0 Å². The highest BCUT2D eigenvalue weighted by Crippen LogP contribution is 2.17. The van der Waals surface area contributed by atoms with Gasteiger partial charge in [0.1, 0.15) is 0 Å². The van der Waals surface area contributed by atoms with Gasteiger partial charge in [0.25, 0.3) is 0 Å². The minimum Gasteiger partial charge on any atom is -0.361 e. The number of carbonyl (C=O) groups excluding carboxylic acids is 1. The topological polar surface area (TPSA) is 70.9 Å². The van der Waals surface area contributed by atoms with E-state index in [0.29, 0.717) is 13.0 Å². The lowest BCUT2D eigenvalue weighted by molar-refractivity contribution is -0.120. The number of amides is 1. The van der Waals surface area contributed by atoms with E-state index in [4.69, 9.17) is 5.73 Å². The molecular weight excluding hydrogens is 214 g/mol. The molecule has 17 heavy (non-hydrogen) atoms. The zero-order valence-electron chi connectivity index (χ0n) is 9.86. The molecule has 1 aromatic carbocycles. The number of carbonyl (C=O) groups is 1. The van der Waals surface area contributed by atoms with Gasteiger partial charge in [0.2, 0.25) is 5.91 Å². The number of para-hydroxylation sites is 1. The van der Waals surface area contributed by atoms with Crippen LogP contribution in [-0.4, -0.2) is 23.5 Å². The smallest absolute Gasteiger partial charge is 0.224 e. The number of rotatable bonds is 4. The second kappa shape index (κ2) is 5.01. The predicted octanol–water partition coefficient (Wildman–Crippen LogP) is 1.17. The Labute approximate surface area is 100 Å². The summed E-state index contributed by atoms with van der Waals surface area (Å²) < 4.78 is 0. The van der Waals surface area contributed by atoms with E-state index in [2.05, 4.69) is 10.3 Å². The molecule has 0 spiro atoms. The number of H-pyrrole nitrogens is 1. The molecule has 0 aliphatic heterocycles. The Hall–Kier alpha value is -1.81. The first-order valence-corrected chi connectivity index (χ1v) is 5.75. The van der Waals surface area contributed by atoms with E-state index < -0.39 is 0 Å². The predicted molar refractivity (Wildman–Crippen MR) is 68.7 cm³/mol. The van der Waals surface area contributed by atoms with Crippen molar-refractivity contribution in [2.45, 2.75) is 19.4 Å².